The lowest BCUT2D eigenvalue weighted by Crippen LogP contribution is -2.39. The van der Waals surface area contributed by atoms with E-state index in [0.29, 0.717) is 13.1 Å². The Bertz CT molecular complexity index is 524. The summed E-state index contributed by atoms with van der Waals surface area (Å²) in [6.07, 6.45) is 0. The maximum absolute atomic E-state index is 12.0. The first-order valence-corrected chi connectivity index (χ1v) is 8.21. The summed E-state index contributed by atoms with van der Waals surface area (Å²) < 4.78 is 27.0. The Morgan fingerprint density at radius 2 is 1.74 bits per heavy atom. The number of nitrogens with one attached hydrogen (secondary N) is 1. The smallest absolute Gasteiger partial charge is 0.241 e. The molecule has 0 aliphatic rings. The fraction of sp³-hybridized carbons (Fsp3) is 0.417. The average Bonchev–Trinajstić information content (AvgIpc) is 2.38. The van der Waals surface area contributed by atoms with E-state index in [9.17, 15) is 13.2 Å². The molecule has 0 radical (unpaired) electrons. The third kappa shape index (κ3) is 4.59. The third-order valence-corrected chi connectivity index (χ3v) is 4.60. The van der Waals surface area contributed by atoms with Crippen molar-refractivity contribution in [2.45, 2.75) is 18.7 Å². The summed E-state index contributed by atoms with van der Waals surface area (Å²) in [6.45, 7) is 4.61. The summed E-state index contributed by atoms with van der Waals surface area (Å²) in [5, 5.41) is 0. The molecule has 0 saturated heterocycles. The van der Waals surface area contributed by atoms with Crippen molar-refractivity contribution >= 4 is 31.9 Å². The molecule has 0 saturated carbocycles. The number of benzene rings is 1. The predicted octanol–water partition coefficient (Wildman–Crippen LogP) is 1.60. The number of amides is 1. The van der Waals surface area contributed by atoms with Crippen molar-refractivity contribution in [1.82, 2.24) is 9.62 Å². The first kappa shape index (κ1) is 16.1. The molecule has 0 spiro atoms. The van der Waals surface area contributed by atoms with E-state index in [2.05, 4.69) is 20.7 Å². The Labute approximate surface area is 122 Å². The van der Waals surface area contributed by atoms with Gasteiger partial charge in [0, 0.05) is 17.6 Å². The number of carbonyl (C=O) groups excluding carboxylic acids is 1. The topological polar surface area (TPSA) is 66.5 Å². The molecule has 106 valence electrons. The summed E-state index contributed by atoms with van der Waals surface area (Å²) in [7, 11) is -3.64. The van der Waals surface area contributed by atoms with Crippen molar-refractivity contribution in [3.8, 4) is 0 Å². The van der Waals surface area contributed by atoms with Gasteiger partial charge in [-0.25, -0.2) is 13.1 Å². The van der Waals surface area contributed by atoms with Crippen molar-refractivity contribution in [3.05, 3.63) is 28.7 Å². The van der Waals surface area contributed by atoms with Crippen LogP contribution < -0.4 is 4.72 Å². The molecule has 0 atom stereocenters. The number of halogens is 1. The van der Waals surface area contributed by atoms with Crippen LogP contribution in [0.1, 0.15) is 13.8 Å². The van der Waals surface area contributed by atoms with Gasteiger partial charge in [0.25, 0.3) is 0 Å². The van der Waals surface area contributed by atoms with Crippen molar-refractivity contribution in [2.75, 3.05) is 19.6 Å². The van der Waals surface area contributed by atoms with Crippen LogP contribution in [-0.4, -0.2) is 38.9 Å². The molecule has 0 heterocycles. The molecule has 19 heavy (non-hydrogen) atoms. The van der Waals surface area contributed by atoms with E-state index >= 15 is 0 Å². The summed E-state index contributed by atoms with van der Waals surface area (Å²) in [5.41, 5.74) is 0. The molecule has 1 amide bonds. The van der Waals surface area contributed by atoms with Crippen LogP contribution in [0.25, 0.3) is 0 Å². The average molecular weight is 349 g/mol. The minimum atomic E-state index is -3.64. The van der Waals surface area contributed by atoms with Gasteiger partial charge in [-0.3, -0.25) is 4.79 Å². The van der Waals surface area contributed by atoms with Crippen LogP contribution >= 0.6 is 15.9 Å². The number of hydrogen-bond acceptors (Lipinski definition) is 3. The highest BCUT2D eigenvalue weighted by Crippen LogP contribution is 2.14. The van der Waals surface area contributed by atoms with Crippen LogP contribution in [0.4, 0.5) is 0 Å². The summed E-state index contributed by atoms with van der Waals surface area (Å²) in [6, 6.07) is 6.24. The number of likely N-dealkylation sites (N-methyl/N-ethyl adjacent to an activating group) is 1. The predicted molar refractivity (Wildman–Crippen MR) is 77.3 cm³/mol. The molecular weight excluding hydrogens is 332 g/mol. The largest absolute Gasteiger partial charge is 0.342 e. The van der Waals surface area contributed by atoms with E-state index in [4.69, 9.17) is 0 Å². The van der Waals surface area contributed by atoms with Gasteiger partial charge in [-0.1, -0.05) is 15.9 Å². The Morgan fingerprint density at radius 1 is 1.21 bits per heavy atom. The van der Waals surface area contributed by atoms with Crippen molar-refractivity contribution in [2.24, 2.45) is 0 Å². The molecule has 1 N–H and O–H groups in total. The maximum Gasteiger partial charge on any atom is 0.241 e. The monoisotopic (exact) mass is 348 g/mol. The highest BCUT2D eigenvalue weighted by molar-refractivity contribution is 9.10. The van der Waals surface area contributed by atoms with Gasteiger partial charge in [-0.05, 0) is 38.1 Å². The van der Waals surface area contributed by atoms with Gasteiger partial charge in [-0.15, -0.1) is 0 Å². The van der Waals surface area contributed by atoms with E-state index in [0.717, 1.165) is 4.47 Å². The van der Waals surface area contributed by atoms with E-state index < -0.39 is 10.0 Å². The Kier molecular flexibility index (Phi) is 5.96. The van der Waals surface area contributed by atoms with E-state index in [1.807, 2.05) is 13.8 Å². The van der Waals surface area contributed by atoms with Crippen molar-refractivity contribution in [1.29, 1.82) is 0 Å². The first-order valence-electron chi connectivity index (χ1n) is 5.93. The highest BCUT2D eigenvalue weighted by Gasteiger charge is 2.17. The second-order valence-corrected chi connectivity index (χ2v) is 6.53. The van der Waals surface area contributed by atoms with Gasteiger partial charge >= 0.3 is 0 Å². The fourth-order valence-electron chi connectivity index (χ4n) is 1.54. The fourth-order valence-corrected chi connectivity index (χ4v) is 2.78. The molecule has 0 fully saturated rings. The van der Waals surface area contributed by atoms with Gasteiger partial charge in [0.05, 0.1) is 11.4 Å². The molecule has 5 nitrogen and oxygen atoms in total. The highest BCUT2D eigenvalue weighted by atomic mass is 79.9. The first-order chi connectivity index (χ1) is 8.90. The Morgan fingerprint density at radius 3 is 2.21 bits per heavy atom. The van der Waals surface area contributed by atoms with Gasteiger partial charge in [0.1, 0.15) is 0 Å². The lowest BCUT2D eigenvalue weighted by molar-refractivity contribution is -0.129. The van der Waals surface area contributed by atoms with Crippen LogP contribution in [-0.2, 0) is 14.8 Å². The van der Waals surface area contributed by atoms with Crippen molar-refractivity contribution in [3.63, 3.8) is 0 Å². The van der Waals surface area contributed by atoms with Crippen LogP contribution in [0.2, 0.25) is 0 Å². The number of rotatable bonds is 6. The molecule has 1 aromatic rings. The standard InChI is InChI=1S/C12H17BrN2O3S/c1-3-15(4-2)12(16)9-14-19(17,18)11-7-5-10(13)6-8-11/h5-8,14H,3-4,9H2,1-2H3. The number of hydrogen-bond donors (Lipinski definition) is 1. The zero-order valence-electron chi connectivity index (χ0n) is 10.9. The molecule has 0 aliphatic heterocycles. The molecular formula is C12H17BrN2O3S. The summed E-state index contributed by atoms with van der Waals surface area (Å²) in [5.74, 6) is -0.231. The molecule has 0 aliphatic carbocycles. The normalized spacial score (nSPS) is 11.3. The Balaban J connectivity index is 2.71. The van der Waals surface area contributed by atoms with Crippen LogP contribution in [0.3, 0.4) is 0 Å². The van der Waals surface area contributed by atoms with Gasteiger partial charge < -0.3 is 4.90 Å². The quantitative estimate of drug-likeness (QED) is 0.848. The molecule has 0 bridgehead atoms. The summed E-state index contributed by atoms with van der Waals surface area (Å²) in [4.78, 5) is 13.4. The number of sulfonamides is 1. The molecule has 0 unspecified atom stereocenters. The number of carbonyl (C=O) groups is 1. The Hall–Kier alpha value is -0.920. The lowest BCUT2D eigenvalue weighted by Gasteiger charge is -2.18. The second kappa shape index (κ2) is 7.02. The van der Waals surface area contributed by atoms with E-state index in [1.165, 1.54) is 12.1 Å². The SMILES string of the molecule is CCN(CC)C(=O)CNS(=O)(=O)c1ccc(Br)cc1. The molecule has 0 aromatic heterocycles. The maximum atomic E-state index is 12.0. The molecule has 1 aromatic carbocycles. The summed E-state index contributed by atoms with van der Waals surface area (Å²) >= 11 is 3.24. The zero-order valence-corrected chi connectivity index (χ0v) is 13.3. The van der Waals surface area contributed by atoms with Crippen LogP contribution in [0.5, 0.6) is 0 Å². The molecule has 7 heteroatoms. The minimum absolute atomic E-state index is 0.142. The van der Waals surface area contributed by atoms with Crippen LogP contribution in [0, 0.1) is 0 Å². The van der Waals surface area contributed by atoms with E-state index in [1.54, 1.807) is 17.0 Å². The zero-order chi connectivity index (χ0) is 14.5. The van der Waals surface area contributed by atoms with E-state index in [-0.39, 0.29) is 17.3 Å². The molecule has 1 rings (SSSR count). The van der Waals surface area contributed by atoms with Crippen LogP contribution in [0.15, 0.2) is 33.6 Å². The minimum Gasteiger partial charge on any atom is -0.342 e. The van der Waals surface area contributed by atoms with Gasteiger partial charge in [-0.2, -0.15) is 0 Å². The third-order valence-electron chi connectivity index (χ3n) is 2.65. The van der Waals surface area contributed by atoms with Gasteiger partial charge in [0.2, 0.25) is 15.9 Å². The van der Waals surface area contributed by atoms with Crippen molar-refractivity contribution < 1.29 is 13.2 Å². The second-order valence-electron chi connectivity index (χ2n) is 3.84. The lowest BCUT2D eigenvalue weighted by atomic mass is 10.4. The van der Waals surface area contributed by atoms with Gasteiger partial charge in [0.15, 0.2) is 0 Å². The number of nitrogens with zero attached hydrogens (tertiary/aromatic N) is 1.